The summed E-state index contributed by atoms with van der Waals surface area (Å²) in [6.07, 6.45) is 1.53. The van der Waals surface area contributed by atoms with Crippen LogP contribution in [-0.2, 0) is 5.60 Å². The normalized spacial score (nSPS) is 29.0. The second-order valence-corrected chi connectivity index (χ2v) is 6.05. The van der Waals surface area contributed by atoms with E-state index in [1.54, 1.807) is 7.11 Å². The zero-order valence-corrected chi connectivity index (χ0v) is 13.8. The summed E-state index contributed by atoms with van der Waals surface area (Å²) in [5, 5.41) is 21.2. The number of benzene rings is 1. The number of ether oxygens (including phenoxy) is 1. The van der Waals surface area contributed by atoms with Crippen LogP contribution in [0.5, 0.6) is 5.75 Å². The van der Waals surface area contributed by atoms with E-state index < -0.39 is 11.7 Å². The Balaban J connectivity index is 0.00000220. The van der Waals surface area contributed by atoms with Crippen molar-refractivity contribution >= 4 is 12.4 Å². The molecule has 1 aromatic carbocycles. The molecule has 21 heavy (non-hydrogen) atoms. The third-order valence-corrected chi connectivity index (χ3v) is 4.23. The van der Waals surface area contributed by atoms with Crippen LogP contribution in [0.15, 0.2) is 24.3 Å². The summed E-state index contributed by atoms with van der Waals surface area (Å²) < 4.78 is 5.25. The molecule has 0 heterocycles. The number of nitrogens with zero attached hydrogens (tertiary/aromatic N) is 1. The van der Waals surface area contributed by atoms with E-state index in [2.05, 4.69) is 4.90 Å². The third kappa shape index (κ3) is 4.10. The molecule has 120 valence electrons. The van der Waals surface area contributed by atoms with Gasteiger partial charge in [-0.15, -0.1) is 12.4 Å². The maximum Gasteiger partial charge on any atom is 0.119 e. The largest absolute Gasteiger partial charge is 0.497 e. The zero-order valence-electron chi connectivity index (χ0n) is 13.0. The number of hydrogen-bond acceptors (Lipinski definition) is 4. The average Bonchev–Trinajstić information content (AvgIpc) is 2.42. The molecule has 0 amide bonds. The molecule has 1 aliphatic carbocycles. The molecule has 0 spiro atoms. The lowest BCUT2D eigenvalue weighted by atomic mass is 9.70. The Morgan fingerprint density at radius 2 is 2.05 bits per heavy atom. The molecule has 3 atom stereocenters. The molecule has 4 nitrogen and oxygen atoms in total. The number of halogens is 1. The maximum atomic E-state index is 11.2. The van der Waals surface area contributed by atoms with Gasteiger partial charge in [-0.1, -0.05) is 12.1 Å². The highest BCUT2D eigenvalue weighted by atomic mass is 35.5. The van der Waals surface area contributed by atoms with Gasteiger partial charge in [0.05, 0.1) is 18.8 Å². The highest BCUT2D eigenvalue weighted by molar-refractivity contribution is 5.85. The van der Waals surface area contributed by atoms with Crippen molar-refractivity contribution in [3.8, 4) is 5.75 Å². The summed E-state index contributed by atoms with van der Waals surface area (Å²) in [5.41, 5.74) is -0.154. The van der Waals surface area contributed by atoms with Crippen LogP contribution in [0.2, 0.25) is 0 Å². The van der Waals surface area contributed by atoms with Crippen LogP contribution in [0, 0.1) is 5.92 Å². The van der Waals surface area contributed by atoms with Gasteiger partial charge < -0.3 is 19.8 Å². The van der Waals surface area contributed by atoms with Crippen LogP contribution in [0.1, 0.15) is 24.8 Å². The van der Waals surface area contributed by atoms with Gasteiger partial charge in [-0.05, 0) is 44.6 Å². The second kappa shape index (κ2) is 7.45. The molecule has 2 rings (SSSR count). The molecule has 2 N–H and O–H groups in total. The summed E-state index contributed by atoms with van der Waals surface area (Å²) in [7, 11) is 5.64. The topological polar surface area (TPSA) is 52.9 Å². The summed E-state index contributed by atoms with van der Waals surface area (Å²) in [5.74, 6) is 0.854. The fourth-order valence-electron chi connectivity index (χ4n) is 3.19. The van der Waals surface area contributed by atoms with E-state index in [4.69, 9.17) is 4.74 Å². The van der Waals surface area contributed by atoms with E-state index in [0.29, 0.717) is 6.42 Å². The highest BCUT2D eigenvalue weighted by Gasteiger charge is 2.43. The molecule has 0 aromatic heterocycles. The van der Waals surface area contributed by atoms with Gasteiger partial charge in [-0.25, -0.2) is 0 Å². The fraction of sp³-hybridized carbons (Fsp3) is 0.625. The van der Waals surface area contributed by atoms with Gasteiger partial charge in [0.2, 0.25) is 0 Å². The van der Waals surface area contributed by atoms with Gasteiger partial charge in [-0.2, -0.15) is 0 Å². The van der Waals surface area contributed by atoms with Crippen LogP contribution < -0.4 is 4.74 Å². The maximum absolute atomic E-state index is 11.2. The van der Waals surface area contributed by atoms with Crippen molar-refractivity contribution in [2.75, 3.05) is 27.7 Å². The molecule has 5 heteroatoms. The molecule has 1 saturated carbocycles. The van der Waals surface area contributed by atoms with Crippen LogP contribution >= 0.6 is 12.4 Å². The van der Waals surface area contributed by atoms with Crippen LogP contribution in [-0.4, -0.2) is 49.0 Å². The van der Waals surface area contributed by atoms with Crippen molar-refractivity contribution < 1.29 is 14.9 Å². The number of hydrogen-bond donors (Lipinski definition) is 2. The van der Waals surface area contributed by atoms with Gasteiger partial charge in [0, 0.05) is 18.9 Å². The standard InChI is InChI=1S/C16H25NO3.ClH/c1-17(2)11-13-7-8-14(18)10-16(13,19)12-5-4-6-15(9-12)20-3;/h4-6,9,13-14,18-19H,7-8,10-11H2,1-3H3;1H/t13-,14-,16+;/m1./s1. The quantitative estimate of drug-likeness (QED) is 0.892. The van der Waals surface area contributed by atoms with Crippen LogP contribution in [0.4, 0.5) is 0 Å². The van der Waals surface area contributed by atoms with E-state index in [-0.39, 0.29) is 18.3 Å². The van der Waals surface area contributed by atoms with E-state index in [1.165, 1.54) is 0 Å². The van der Waals surface area contributed by atoms with Gasteiger partial charge in [0.1, 0.15) is 5.75 Å². The number of rotatable bonds is 4. The van der Waals surface area contributed by atoms with Gasteiger partial charge in [0.15, 0.2) is 0 Å². The minimum absolute atomic E-state index is 0. The lowest BCUT2D eigenvalue weighted by Crippen LogP contribution is -2.46. The molecule has 1 aliphatic rings. The summed E-state index contributed by atoms with van der Waals surface area (Å²) in [6, 6.07) is 7.55. The van der Waals surface area contributed by atoms with Gasteiger partial charge in [-0.3, -0.25) is 0 Å². The SMILES string of the molecule is COc1cccc([C@@]2(O)C[C@H](O)CC[C@@H]2CN(C)C)c1.Cl. The summed E-state index contributed by atoms with van der Waals surface area (Å²) >= 11 is 0. The molecule has 0 bridgehead atoms. The monoisotopic (exact) mass is 315 g/mol. The van der Waals surface area contributed by atoms with Crippen molar-refractivity contribution in [2.24, 2.45) is 5.92 Å². The Morgan fingerprint density at radius 3 is 2.67 bits per heavy atom. The van der Waals surface area contributed by atoms with Gasteiger partial charge >= 0.3 is 0 Å². The molecule has 1 aromatic rings. The minimum atomic E-state index is -0.990. The number of aliphatic hydroxyl groups excluding tert-OH is 1. The predicted molar refractivity (Wildman–Crippen MR) is 86.0 cm³/mol. The van der Waals surface area contributed by atoms with Crippen molar-refractivity contribution in [3.05, 3.63) is 29.8 Å². The van der Waals surface area contributed by atoms with Crippen molar-refractivity contribution in [2.45, 2.75) is 31.0 Å². The third-order valence-electron chi connectivity index (χ3n) is 4.23. The first-order valence-corrected chi connectivity index (χ1v) is 7.15. The molecule has 0 aliphatic heterocycles. The first kappa shape index (κ1) is 18.2. The van der Waals surface area contributed by atoms with E-state index in [1.807, 2.05) is 38.4 Å². The Bertz CT molecular complexity index is 455. The average molecular weight is 316 g/mol. The fourth-order valence-corrected chi connectivity index (χ4v) is 3.19. The van der Waals surface area contributed by atoms with Crippen molar-refractivity contribution in [1.82, 2.24) is 4.90 Å². The first-order valence-electron chi connectivity index (χ1n) is 7.15. The van der Waals surface area contributed by atoms with Gasteiger partial charge in [0.25, 0.3) is 0 Å². The highest BCUT2D eigenvalue weighted by Crippen LogP contribution is 2.42. The van der Waals surface area contributed by atoms with Crippen molar-refractivity contribution in [3.63, 3.8) is 0 Å². The molecule has 0 unspecified atom stereocenters. The van der Waals surface area contributed by atoms with E-state index in [0.717, 1.165) is 30.7 Å². The van der Waals surface area contributed by atoms with E-state index in [9.17, 15) is 10.2 Å². The van der Waals surface area contributed by atoms with Crippen molar-refractivity contribution in [1.29, 1.82) is 0 Å². The molecular weight excluding hydrogens is 290 g/mol. The first-order chi connectivity index (χ1) is 9.45. The predicted octanol–water partition coefficient (Wildman–Crippen LogP) is 2.03. The zero-order chi connectivity index (χ0) is 14.8. The summed E-state index contributed by atoms with van der Waals surface area (Å²) in [4.78, 5) is 2.09. The molecule has 1 fully saturated rings. The lowest BCUT2D eigenvalue weighted by molar-refractivity contribution is -0.0992. The van der Waals surface area contributed by atoms with E-state index >= 15 is 0 Å². The minimum Gasteiger partial charge on any atom is -0.497 e. The van der Waals surface area contributed by atoms with Crippen LogP contribution in [0.25, 0.3) is 0 Å². The summed E-state index contributed by atoms with van der Waals surface area (Å²) in [6.45, 7) is 0.806. The lowest BCUT2D eigenvalue weighted by Gasteiger charge is -2.43. The Morgan fingerprint density at radius 1 is 1.33 bits per heavy atom. The molecule has 0 radical (unpaired) electrons. The second-order valence-electron chi connectivity index (χ2n) is 6.05. The molecular formula is C16H26ClNO3. The number of aliphatic hydroxyl groups is 2. The smallest absolute Gasteiger partial charge is 0.119 e. The number of methoxy groups -OCH3 is 1. The Labute approximate surface area is 133 Å². The molecule has 0 saturated heterocycles. The Kier molecular flexibility index (Phi) is 6.47. The van der Waals surface area contributed by atoms with Crippen LogP contribution in [0.3, 0.4) is 0 Å². The Hall–Kier alpha value is -0.810.